The number of nitrogens with zero attached hydrogens (tertiary/aromatic N) is 1. The van der Waals surface area contributed by atoms with E-state index in [1.807, 2.05) is 36.5 Å². The number of halogens is 2. The standard InChI is InChI=1S/C20H20Cl2N2OS/c21-16-7-6-14(12-17(16)22)26-19-13-23-20-15(19)4-3-5-18(20)25-11-10-24-8-1-2-9-24/h3-7,12-13,23H,1-2,8-11H2. The van der Waals surface area contributed by atoms with Gasteiger partial charge in [-0.3, -0.25) is 4.90 Å². The van der Waals surface area contributed by atoms with Crippen molar-refractivity contribution in [2.75, 3.05) is 26.2 Å². The van der Waals surface area contributed by atoms with Crippen LogP contribution in [0.4, 0.5) is 0 Å². The zero-order valence-electron chi connectivity index (χ0n) is 14.3. The topological polar surface area (TPSA) is 28.3 Å². The molecule has 0 spiro atoms. The molecule has 1 aliphatic rings. The molecule has 1 aliphatic heterocycles. The zero-order valence-corrected chi connectivity index (χ0v) is 16.6. The number of ether oxygens (including phenoxy) is 1. The van der Waals surface area contributed by atoms with Gasteiger partial charge < -0.3 is 9.72 Å². The van der Waals surface area contributed by atoms with E-state index in [1.165, 1.54) is 25.9 Å². The fraction of sp³-hybridized carbons (Fsp3) is 0.300. The van der Waals surface area contributed by atoms with Gasteiger partial charge in [0, 0.05) is 27.9 Å². The number of hydrogen-bond donors (Lipinski definition) is 1. The molecule has 2 heterocycles. The van der Waals surface area contributed by atoms with E-state index in [0.717, 1.165) is 33.0 Å². The van der Waals surface area contributed by atoms with Gasteiger partial charge in [-0.1, -0.05) is 47.1 Å². The number of aromatic amines is 1. The first-order chi connectivity index (χ1) is 12.7. The Hall–Kier alpha value is -1.33. The third-order valence-electron chi connectivity index (χ3n) is 4.62. The van der Waals surface area contributed by atoms with Crippen molar-refractivity contribution in [3.05, 3.63) is 52.6 Å². The molecule has 0 bridgehead atoms. The highest BCUT2D eigenvalue weighted by Gasteiger charge is 2.13. The molecule has 6 heteroatoms. The van der Waals surface area contributed by atoms with Crippen molar-refractivity contribution in [3.8, 4) is 5.75 Å². The number of fused-ring (bicyclic) bond motifs is 1. The molecule has 0 atom stereocenters. The lowest BCUT2D eigenvalue weighted by Gasteiger charge is -2.15. The summed E-state index contributed by atoms with van der Waals surface area (Å²) in [6, 6.07) is 11.9. The van der Waals surface area contributed by atoms with Gasteiger partial charge in [0.05, 0.1) is 15.6 Å². The van der Waals surface area contributed by atoms with Crippen molar-refractivity contribution in [2.24, 2.45) is 0 Å². The van der Waals surface area contributed by atoms with E-state index in [0.29, 0.717) is 16.7 Å². The molecule has 26 heavy (non-hydrogen) atoms. The van der Waals surface area contributed by atoms with E-state index in [9.17, 15) is 0 Å². The Kier molecular flexibility index (Phi) is 5.65. The lowest BCUT2D eigenvalue weighted by atomic mass is 10.2. The van der Waals surface area contributed by atoms with Crippen LogP contribution in [0, 0.1) is 0 Å². The van der Waals surface area contributed by atoms with Gasteiger partial charge in [-0.15, -0.1) is 0 Å². The summed E-state index contributed by atoms with van der Waals surface area (Å²) in [5, 5.41) is 2.30. The van der Waals surface area contributed by atoms with Crippen LogP contribution in [0.15, 0.2) is 52.4 Å². The SMILES string of the molecule is Clc1ccc(Sc2c[nH]c3c(OCCN4CCCC4)cccc23)cc1Cl. The van der Waals surface area contributed by atoms with Crippen LogP contribution < -0.4 is 4.74 Å². The molecule has 136 valence electrons. The molecule has 0 saturated carbocycles. The monoisotopic (exact) mass is 406 g/mol. The molecule has 0 amide bonds. The molecular weight excluding hydrogens is 387 g/mol. The first-order valence-corrected chi connectivity index (χ1v) is 10.4. The molecule has 1 N–H and O–H groups in total. The average Bonchev–Trinajstić information content (AvgIpc) is 3.29. The van der Waals surface area contributed by atoms with Crippen LogP contribution in [-0.4, -0.2) is 36.1 Å². The van der Waals surface area contributed by atoms with Gasteiger partial charge in [0.25, 0.3) is 0 Å². The largest absolute Gasteiger partial charge is 0.490 e. The fourth-order valence-electron chi connectivity index (χ4n) is 3.26. The van der Waals surface area contributed by atoms with Crippen LogP contribution in [0.3, 0.4) is 0 Å². The number of nitrogens with one attached hydrogen (secondary N) is 1. The van der Waals surface area contributed by atoms with Gasteiger partial charge in [-0.2, -0.15) is 0 Å². The molecule has 0 radical (unpaired) electrons. The minimum absolute atomic E-state index is 0.572. The van der Waals surface area contributed by atoms with Gasteiger partial charge in [0.2, 0.25) is 0 Å². The molecule has 1 saturated heterocycles. The maximum absolute atomic E-state index is 6.13. The molecule has 1 aromatic heterocycles. The second-order valence-corrected chi connectivity index (χ2v) is 8.34. The summed E-state index contributed by atoms with van der Waals surface area (Å²) in [7, 11) is 0. The van der Waals surface area contributed by atoms with Crippen molar-refractivity contribution in [3.63, 3.8) is 0 Å². The summed E-state index contributed by atoms with van der Waals surface area (Å²) in [6.45, 7) is 4.09. The Morgan fingerprint density at radius 2 is 1.92 bits per heavy atom. The number of hydrogen-bond acceptors (Lipinski definition) is 3. The Morgan fingerprint density at radius 3 is 2.73 bits per heavy atom. The summed E-state index contributed by atoms with van der Waals surface area (Å²) in [5.41, 5.74) is 1.04. The van der Waals surface area contributed by atoms with E-state index in [-0.39, 0.29) is 0 Å². The smallest absolute Gasteiger partial charge is 0.143 e. The minimum Gasteiger partial charge on any atom is -0.490 e. The number of para-hydroxylation sites is 1. The number of likely N-dealkylation sites (tertiary alicyclic amines) is 1. The normalized spacial score (nSPS) is 15.0. The molecule has 3 aromatic rings. The van der Waals surface area contributed by atoms with Crippen molar-refractivity contribution in [1.82, 2.24) is 9.88 Å². The van der Waals surface area contributed by atoms with Gasteiger partial charge in [0.15, 0.2) is 0 Å². The average molecular weight is 407 g/mol. The molecule has 0 unspecified atom stereocenters. The summed E-state index contributed by atoms with van der Waals surface area (Å²) in [4.78, 5) is 8.02. The van der Waals surface area contributed by atoms with E-state index >= 15 is 0 Å². The zero-order chi connectivity index (χ0) is 17.9. The molecule has 2 aromatic carbocycles. The third kappa shape index (κ3) is 3.99. The Labute approximate surface area is 167 Å². The van der Waals surface area contributed by atoms with Crippen LogP contribution in [0.25, 0.3) is 10.9 Å². The minimum atomic E-state index is 0.572. The van der Waals surface area contributed by atoms with Gasteiger partial charge in [-0.25, -0.2) is 0 Å². The summed E-state index contributed by atoms with van der Waals surface area (Å²) >= 11 is 13.8. The second kappa shape index (κ2) is 8.13. The number of benzene rings is 2. The van der Waals surface area contributed by atoms with Crippen LogP contribution in [-0.2, 0) is 0 Å². The van der Waals surface area contributed by atoms with Crippen LogP contribution in [0.5, 0.6) is 5.75 Å². The maximum atomic E-state index is 6.13. The number of H-pyrrole nitrogens is 1. The van der Waals surface area contributed by atoms with Gasteiger partial charge in [-0.05, 0) is 50.2 Å². The first kappa shape index (κ1) is 18.1. The Morgan fingerprint density at radius 1 is 1.08 bits per heavy atom. The highest BCUT2D eigenvalue weighted by molar-refractivity contribution is 7.99. The molecule has 4 rings (SSSR count). The Balaban J connectivity index is 1.49. The van der Waals surface area contributed by atoms with E-state index in [2.05, 4.69) is 16.0 Å². The quantitative estimate of drug-likeness (QED) is 0.535. The summed E-state index contributed by atoms with van der Waals surface area (Å²) < 4.78 is 6.06. The molecule has 3 nitrogen and oxygen atoms in total. The maximum Gasteiger partial charge on any atom is 0.143 e. The number of aromatic nitrogens is 1. The predicted molar refractivity (Wildman–Crippen MR) is 110 cm³/mol. The number of rotatable bonds is 6. The highest BCUT2D eigenvalue weighted by Crippen LogP contribution is 2.38. The molecule has 0 aliphatic carbocycles. The Bertz CT molecular complexity index is 906. The van der Waals surface area contributed by atoms with Crippen molar-refractivity contribution in [1.29, 1.82) is 0 Å². The lowest BCUT2D eigenvalue weighted by molar-refractivity contribution is 0.239. The van der Waals surface area contributed by atoms with Crippen LogP contribution in [0.1, 0.15) is 12.8 Å². The fourth-order valence-corrected chi connectivity index (χ4v) is 4.59. The third-order valence-corrected chi connectivity index (χ3v) is 6.41. The first-order valence-electron chi connectivity index (χ1n) is 8.79. The predicted octanol–water partition coefficient (Wildman–Crippen LogP) is 6.10. The molecule has 1 fully saturated rings. The van der Waals surface area contributed by atoms with Crippen LogP contribution in [0.2, 0.25) is 10.0 Å². The van der Waals surface area contributed by atoms with Crippen molar-refractivity contribution >= 4 is 45.9 Å². The van der Waals surface area contributed by atoms with Crippen molar-refractivity contribution < 1.29 is 4.74 Å². The van der Waals surface area contributed by atoms with Crippen molar-refractivity contribution in [2.45, 2.75) is 22.6 Å². The molecular formula is C20H20Cl2N2OS. The van der Waals surface area contributed by atoms with Gasteiger partial charge in [0.1, 0.15) is 12.4 Å². The second-order valence-electron chi connectivity index (χ2n) is 6.41. The van der Waals surface area contributed by atoms with E-state index in [1.54, 1.807) is 11.8 Å². The van der Waals surface area contributed by atoms with E-state index in [4.69, 9.17) is 27.9 Å². The summed E-state index contributed by atoms with van der Waals surface area (Å²) in [5.74, 6) is 0.905. The van der Waals surface area contributed by atoms with E-state index < -0.39 is 0 Å². The summed E-state index contributed by atoms with van der Waals surface area (Å²) in [6.07, 6.45) is 4.63. The lowest BCUT2D eigenvalue weighted by Crippen LogP contribution is -2.25. The van der Waals surface area contributed by atoms with Gasteiger partial charge >= 0.3 is 0 Å². The highest BCUT2D eigenvalue weighted by atomic mass is 35.5. The van der Waals surface area contributed by atoms with Crippen LogP contribution >= 0.6 is 35.0 Å².